The normalized spacial score (nSPS) is 22.2. The van der Waals surface area contributed by atoms with Crippen LogP contribution < -0.4 is 18.1 Å². The van der Waals surface area contributed by atoms with Crippen molar-refractivity contribution in [3.05, 3.63) is 28.7 Å². The fourth-order valence-electron chi connectivity index (χ4n) is 0.992. The van der Waals surface area contributed by atoms with Gasteiger partial charge in [-0.05, 0) is 24.3 Å². The Bertz CT molecular complexity index is 295. The summed E-state index contributed by atoms with van der Waals surface area (Å²) in [6, 6.07) is 7.53. The first-order valence-electron chi connectivity index (χ1n) is 4.57. The van der Waals surface area contributed by atoms with E-state index in [0.717, 1.165) is 10.2 Å². The highest BCUT2D eigenvalue weighted by molar-refractivity contribution is 9.10. The number of nitrogens with two attached hydrogens (primary N) is 1. The quantitative estimate of drug-likeness (QED) is 0.677. The Kier molecular flexibility index (Phi) is 5.91. The van der Waals surface area contributed by atoms with E-state index in [1.54, 1.807) is 0 Å². The van der Waals surface area contributed by atoms with Gasteiger partial charge in [-0.25, -0.2) is 0 Å². The minimum atomic E-state index is 0. The second-order valence-electron chi connectivity index (χ2n) is 3.53. The summed E-state index contributed by atoms with van der Waals surface area (Å²) in [5, 5.41) is 0. The zero-order valence-corrected chi connectivity index (χ0v) is 11.0. The Hall–Kier alpha value is -0.540. The zero-order valence-electron chi connectivity index (χ0n) is 8.71. The van der Waals surface area contributed by atoms with Crippen molar-refractivity contribution in [3.63, 3.8) is 0 Å². The van der Waals surface area contributed by atoms with E-state index in [9.17, 15) is 4.79 Å². The van der Waals surface area contributed by atoms with Gasteiger partial charge in [0.1, 0.15) is 5.78 Å². The maximum atomic E-state index is 10.2. The zero-order chi connectivity index (χ0) is 10.7. The molecule has 2 rings (SSSR count). The number of halogens is 2. The molecule has 1 aromatic rings. The van der Waals surface area contributed by atoms with Crippen LogP contribution in [0.1, 0.15) is 13.8 Å². The molecule has 15 heavy (non-hydrogen) atoms. The van der Waals surface area contributed by atoms with E-state index >= 15 is 0 Å². The molecular formula is C11H14BrClNO-. The molecule has 84 valence electrons. The highest BCUT2D eigenvalue weighted by atomic mass is 79.9. The Morgan fingerprint density at radius 3 is 1.67 bits per heavy atom. The van der Waals surface area contributed by atoms with E-state index in [2.05, 4.69) is 15.9 Å². The van der Waals surface area contributed by atoms with Crippen molar-refractivity contribution in [2.75, 3.05) is 5.73 Å². The molecule has 2 atom stereocenters. The number of anilines is 1. The summed E-state index contributed by atoms with van der Waals surface area (Å²) in [5.74, 6) is 1.19. The second kappa shape index (κ2) is 6.13. The van der Waals surface area contributed by atoms with Crippen LogP contribution in [0.15, 0.2) is 28.7 Å². The predicted octanol–water partition coefficient (Wildman–Crippen LogP) is -0.123. The van der Waals surface area contributed by atoms with Gasteiger partial charge in [0, 0.05) is 22.0 Å². The molecule has 0 aromatic heterocycles. The maximum Gasteiger partial charge on any atom is 0.139 e. The Balaban J connectivity index is 0.000000253. The van der Waals surface area contributed by atoms with Gasteiger partial charge in [0.05, 0.1) is 0 Å². The molecule has 1 aliphatic carbocycles. The molecule has 0 heterocycles. The number of nitrogen functional groups attached to an aromatic ring is 1. The van der Waals surface area contributed by atoms with Crippen LogP contribution in [0.4, 0.5) is 5.69 Å². The highest BCUT2D eigenvalue weighted by Crippen LogP contribution is 2.31. The van der Waals surface area contributed by atoms with Gasteiger partial charge in [0.25, 0.3) is 0 Å². The van der Waals surface area contributed by atoms with Gasteiger partial charge >= 0.3 is 0 Å². The van der Waals surface area contributed by atoms with Crippen LogP contribution in [0.5, 0.6) is 0 Å². The predicted molar refractivity (Wildman–Crippen MR) is 61.9 cm³/mol. The number of Topliss-reactive ketones (excluding diaryl/α,β-unsaturated/α-hetero) is 1. The van der Waals surface area contributed by atoms with E-state index in [-0.39, 0.29) is 12.4 Å². The average Bonchev–Trinajstić information content (AvgIpc) is 2.68. The van der Waals surface area contributed by atoms with E-state index in [1.165, 1.54) is 0 Å². The molecule has 0 aliphatic heterocycles. The molecule has 2 unspecified atom stereocenters. The summed E-state index contributed by atoms with van der Waals surface area (Å²) in [6.45, 7) is 3.93. The molecule has 0 bridgehead atoms. The molecule has 2 nitrogen and oxygen atoms in total. The van der Waals surface area contributed by atoms with Crippen LogP contribution in [0, 0.1) is 11.8 Å². The molecule has 1 aromatic carbocycles. The van der Waals surface area contributed by atoms with Crippen molar-refractivity contribution < 1.29 is 17.2 Å². The topological polar surface area (TPSA) is 43.1 Å². The van der Waals surface area contributed by atoms with Crippen molar-refractivity contribution in [3.8, 4) is 0 Å². The Labute approximate surface area is 105 Å². The second-order valence-corrected chi connectivity index (χ2v) is 4.45. The van der Waals surface area contributed by atoms with Crippen LogP contribution in [0.2, 0.25) is 0 Å². The number of benzene rings is 1. The molecular weight excluding hydrogens is 277 g/mol. The van der Waals surface area contributed by atoms with E-state index in [1.807, 2.05) is 38.1 Å². The summed E-state index contributed by atoms with van der Waals surface area (Å²) in [4.78, 5) is 10.2. The third kappa shape index (κ3) is 4.67. The number of hydrogen-bond acceptors (Lipinski definition) is 2. The van der Waals surface area contributed by atoms with Gasteiger partial charge < -0.3 is 18.1 Å². The van der Waals surface area contributed by atoms with Crippen LogP contribution in [0.3, 0.4) is 0 Å². The fourth-order valence-corrected chi connectivity index (χ4v) is 1.26. The standard InChI is InChI=1S/C6H6BrN.C5H8O.ClH/c7-5-1-3-6(8)4-2-5;1-3-4(2)5(3)6;/h1-4H,8H2;3-4H,1-2H3;1H/p-1. The van der Waals surface area contributed by atoms with Gasteiger partial charge in [-0.2, -0.15) is 0 Å². The first kappa shape index (κ1) is 14.5. The average molecular weight is 292 g/mol. The van der Waals surface area contributed by atoms with Gasteiger partial charge in [0.15, 0.2) is 0 Å². The van der Waals surface area contributed by atoms with Crippen molar-refractivity contribution >= 4 is 27.4 Å². The Morgan fingerprint density at radius 2 is 1.47 bits per heavy atom. The lowest BCUT2D eigenvalue weighted by molar-refractivity contribution is -0.111. The lowest BCUT2D eigenvalue weighted by atomic mass is 10.3. The van der Waals surface area contributed by atoms with Gasteiger partial charge in [-0.1, -0.05) is 29.8 Å². The van der Waals surface area contributed by atoms with Crippen LogP contribution in [0.25, 0.3) is 0 Å². The third-order valence-corrected chi connectivity index (χ3v) is 2.94. The van der Waals surface area contributed by atoms with Crippen molar-refractivity contribution in [1.82, 2.24) is 0 Å². The SMILES string of the molecule is CC1C(=O)C1C.Nc1ccc(Br)cc1.[Cl-]. The van der Waals surface area contributed by atoms with Crippen LogP contribution in [-0.4, -0.2) is 5.78 Å². The first-order chi connectivity index (χ1) is 6.52. The van der Waals surface area contributed by atoms with Crippen LogP contribution in [-0.2, 0) is 4.79 Å². The van der Waals surface area contributed by atoms with E-state index < -0.39 is 0 Å². The van der Waals surface area contributed by atoms with Crippen molar-refractivity contribution in [2.45, 2.75) is 13.8 Å². The smallest absolute Gasteiger partial charge is 0.139 e. The lowest BCUT2D eigenvalue weighted by Gasteiger charge is -1.88. The molecule has 1 aliphatic rings. The highest BCUT2D eigenvalue weighted by Gasteiger charge is 2.40. The van der Waals surface area contributed by atoms with Gasteiger partial charge in [-0.15, -0.1) is 0 Å². The Morgan fingerprint density at radius 1 is 1.13 bits per heavy atom. The third-order valence-electron chi connectivity index (χ3n) is 2.41. The summed E-state index contributed by atoms with van der Waals surface area (Å²) in [5.41, 5.74) is 6.21. The minimum Gasteiger partial charge on any atom is -1.00 e. The maximum absolute atomic E-state index is 10.2. The van der Waals surface area contributed by atoms with Crippen molar-refractivity contribution in [2.24, 2.45) is 11.8 Å². The molecule has 0 amide bonds. The summed E-state index contributed by atoms with van der Waals surface area (Å²) < 4.78 is 1.06. The van der Waals surface area contributed by atoms with E-state index in [4.69, 9.17) is 5.73 Å². The lowest BCUT2D eigenvalue weighted by Crippen LogP contribution is -3.00. The summed E-state index contributed by atoms with van der Waals surface area (Å²) in [6.07, 6.45) is 0. The molecule has 4 heteroatoms. The largest absolute Gasteiger partial charge is 1.00 e. The monoisotopic (exact) mass is 290 g/mol. The van der Waals surface area contributed by atoms with Crippen molar-refractivity contribution in [1.29, 1.82) is 0 Å². The minimum absolute atomic E-state index is 0. The van der Waals surface area contributed by atoms with Gasteiger partial charge in [-0.3, -0.25) is 4.79 Å². The van der Waals surface area contributed by atoms with Crippen LogP contribution >= 0.6 is 15.9 Å². The number of ketones is 1. The molecule has 1 fully saturated rings. The molecule has 2 N–H and O–H groups in total. The molecule has 0 spiro atoms. The summed E-state index contributed by atoms with van der Waals surface area (Å²) >= 11 is 3.29. The molecule has 1 saturated carbocycles. The number of carbonyl (C=O) groups excluding carboxylic acids is 1. The molecule has 0 radical (unpaired) electrons. The van der Waals surface area contributed by atoms with E-state index in [0.29, 0.717) is 17.6 Å². The van der Waals surface area contributed by atoms with Gasteiger partial charge in [0.2, 0.25) is 0 Å². The first-order valence-corrected chi connectivity index (χ1v) is 5.36. The fraction of sp³-hybridized carbons (Fsp3) is 0.364. The number of hydrogen-bond donors (Lipinski definition) is 1. The molecule has 0 saturated heterocycles. The number of carbonyl (C=O) groups is 1. The summed E-state index contributed by atoms with van der Waals surface area (Å²) in [7, 11) is 0. The number of rotatable bonds is 0.